The van der Waals surface area contributed by atoms with Gasteiger partial charge in [-0.1, -0.05) is 12.1 Å². The second-order valence-corrected chi connectivity index (χ2v) is 4.96. The zero-order valence-electron chi connectivity index (χ0n) is 11.6. The lowest BCUT2D eigenvalue weighted by atomic mass is 10.0. The van der Waals surface area contributed by atoms with E-state index in [0.717, 1.165) is 0 Å². The Labute approximate surface area is 115 Å². The normalized spacial score (nSPS) is 14.2. The van der Waals surface area contributed by atoms with Crippen LogP contribution in [0.3, 0.4) is 0 Å². The summed E-state index contributed by atoms with van der Waals surface area (Å²) in [6.45, 7) is 3.65. The fourth-order valence-corrected chi connectivity index (χ4v) is 1.82. The predicted molar refractivity (Wildman–Crippen MR) is 70.1 cm³/mol. The highest BCUT2D eigenvalue weighted by Gasteiger charge is 2.27. The average Bonchev–Trinajstić information content (AvgIpc) is 2.95. The molecule has 0 bridgehead atoms. The van der Waals surface area contributed by atoms with Gasteiger partial charge in [-0.2, -0.15) is 0 Å². The number of imidazole rings is 1. The van der Waals surface area contributed by atoms with Gasteiger partial charge in [-0.15, -0.1) is 5.10 Å². The van der Waals surface area contributed by atoms with Gasteiger partial charge in [0.1, 0.15) is 5.69 Å². The van der Waals surface area contributed by atoms with Gasteiger partial charge in [-0.05, 0) is 13.3 Å². The Morgan fingerprint density at radius 3 is 2.70 bits per heavy atom. The van der Waals surface area contributed by atoms with Crippen LogP contribution in [0, 0.1) is 0 Å². The van der Waals surface area contributed by atoms with Gasteiger partial charge in [0, 0.05) is 19.4 Å². The molecule has 0 saturated heterocycles. The monoisotopic (exact) mass is 279 g/mol. The largest absolute Gasteiger partial charge is 0.476 e. The van der Waals surface area contributed by atoms with Crippen molar-refractivity contribution < 1.29 is 15.0 Å². The van der Waals surface area contributed by atoms with E-state index in [1.165, 1.54) is 4.68 Å². The van der Waals surface area contributed by atoms with Gasteiger partial charge in [0.2, 0.25) is 5.69 Å². The summed E-state index contributed by atoms with van der Waals surface area (Å²) in [4.78, 5) is 15.4. The molecule has 0 amide bonds. The molecule has 2 aromatic heterocycles. The number of rotatable bonds is 5. The Balaban J connectivity index is 2.54. The van der Waals surface area contributed by atoms with Crippen LogP contribution in [-0.4, -0.2) is 46.3 Å². The number of hydrogen-bond acceptors (Lipinski definition) is 5. The molecule has 108 valence electrons. The van der Waals surface area contributed by atoms with Crippen molar-refractivity contribution >= 4 is 5.97 Å². The Hall–Kier alpha value is -2.22. The second kappa shape index (κ2) is 5.04. The minimum atomic E-state index is -1.18. The molecule has 8 nitrogen and oxygen atoms in total. The lowest BCUT2D eigenvalue weighted by Crippen LogP contribution is -2.30. The Bertz CT molecular complexity index is 629. The zero-order chi connectivity index (χ0) is 14.9. The molecule has 0 saturated carbocycles. The third-order valence-electron chi connectivity index (χ3n) is 3.22. The standard InChI is InChI=1S/C12H17N5O3/c1-4-12(2,20)7-17-9(8(11(18)19)14-15-17)10-13-5-6-16(10)3/h5-6,20H,4,7H2,1-3H3,(H,18,19). The number of carbonyl (C=O) groups is 1. The van der Waals surface area contributed by atoms with Crippen LogP contribution in [0.5, 0.6) is 0 Å². The van der Waals surface area contributed by atoms with Gasteiger partial charge in [0.05, 0.1) is 12.1 Å². The molecule has 0 radical (unpaired) electrons. The maximum atomic E-state index is 11.3. The molecule has 1 unspecified atom stereocenters. The molecule has 0 aromatic carbocycles. The van der Waals surface area contributed by atoms with E-state index in [1.54, 1.807) is 30.9 Å². The zero-order valence-corrected chi connectivity index (χ0v) is 11.6. The molecular weight excluding hydrogens is 262 g/mol. The summed E-state index contributed by atoms with van der Waals surface area (Å²) in [5, 5.41) is 26.9. The van der Waals surface area contributed by atoms with Gasteiger partial charge >= 0.3 is 5.97 Å². The van der Waals surface area contributed by atoms with E-state index in [4.69, 9.17) is 0 Å². The third kappa shape index (κ3) is 2.55. The molecule has 2 rings (SSSR count). The second-order valence-electron chi connectivity index (χ2n) is 4.96. The molecule has 1 atom stereocenters. The van der Waals surface area contributed by atoms with Gasteiger partial charge < -0.3 is 14.8 Å². The van der Waals surface area contributed by atoms with Crippen LogP contribution in [0.25, 0.3) is 11.5 Å². The minimum absolute atomic E-state index is 0.145. The maximum absolute atomic E-state index is 11.3. The topological polar surface area (TPSA) is 106 Å². The molecule has 0 fully saturated rings. The number of aromatic carboxylic acids is 1. The first-order valence-corrected chi connectivity index (χ1v) is 6.22. The number of hydrogen-bond donors (Lipinski definition) is 2. The van der Waals surface area contributed by atoms with E-state index in [9.17, 15) is 15.0 Å². The molecule has 8 heteroatoms. The van der Waals surface area contributed by atoms with Crippen LogP contribution in [0.1, 0.15) is 30.8 Å². The fraction of sp³-hybridized carbons (Fsp3) is 0.500. The number of nitrogens with zero attached hydrogens (tertiary/aromatic N) is 5. The first-order valence-electron chi connectivity index (χ1n) is 6.22. The summed E-state index contributed by atoms with van der Waals surface area (Å²) in [6, 6.07) is 0. The van der Waals surface area contributed by atoms with E-state index in [-0.39, 0.29) is 12.2 Å². The summed E-state index contributed by atoms with van der Waals surface area (Å²) in [7, 11) is 1.75. The molecule has 2 aromatic rings. The first kappa shape index (κ1) is 14.2. The molecule has 2 N–H and O–H groups in total. The molecule has 0 aliphatic heterocycles. The SMILES string of the molecule is CCC(C)(O)Cn1nnc(C(=O)O)c1-c1nccn1C. The van der Waals surface area contributed by atoms with Crippen LogP contribution in [-0.2, 0) is 13.6 Å². The minimum Gasteiger partial charge on any atom is -0.476 e. The van der Waals surface area contributed by atoms with Crippen LogP contribution < -0.4 is 0 Å². The molecule has 2 heterocycles. The van der Waals surface area contributed by atoms with Crippen molar-refractivity contribution in [2.75, 3.05) is 0 Å². The summed E-state index contributed by atoms with van der Waals surface area (Å²) < 4.78 is 3.07. The van der Waals surface area contributed by atoms with Crippen molar-refractivity contribution in [2.24, 2.45) is 7.05 Å². The van der Waals surface area contributed by atoms with Crippen molar-refractivity contribution in [3.05, 3.63) is 18.1 Å². The Morgan fingerprint density at radius 2 is 2.20 bits per heavy atom. The smallest absolute Gasteiger partial charge is 0.358 e. The van der Waals surface area contributed by atoms with E-state index < -0.39 is 11.6 Å². The quantitative estimate of drug-likeness (QED) is 0.827. The Morgan fingerprint density at radius 1 is 1.50 bits per heavy atom. The van der Waals surface area contributed by atoms with Crippen molar-refractivity contribution in [1.82, 2.24) is 24.5 Å². The van der Waals surface area contributed by atoms with Crippen LogP contribution in [0.15, 0.2) is 12.4 Å². The fourth-order valence-electron chi connectivity index (χ4n) is 1.82. The van der Waals surface area contributed by atoms with Crippen molar-refractivity contribution in [3.63, 3.8) is 0 Å². The highest BCUT2D eigenvalue weighted by molar-refractivity contribution is 5.91. The number of aliphatic hydroxyl groups is 1. The summed E-state index contributed by atoms with van der Waals surface area (Å²) >= 11 is 0. The van der Waals surface area contributed by atoms with E-state index >= 15 is 0 Å². The molecular formula is C12H17N5O3. The molecule has 0 aliphatic rings. The predicted octanol–water partition coefficient (Wildman–Crippen LogP) is 0.538. The highest BCUT2D eigenvalue weighted by atomic mass is 16.4. The highest BCUT2D eigenvalue weighted by Crippen LogP contribution is 2.22. The van der Waals surface area contributed by atoms with Crippen LogP contribution >= 0.6 is 0 Å². The summed E-state index contributed by atoms with van der Waals surface area (Å²) in [5.41, 5.74) is -0.881. The first-order chi connectivity index (χ1) is 9.35. The Kier molecular flexibility index (Phi) is 3.58. The van der Waals surface area contributed by atoms with Gasteiger partial charge in [0.15, 0.2) is 5.82 Å². The number of aromatic nitrogens is 5. The number of carboxylic acid groups (broad SMARTS) is 1. The van der Waals surface area contributed by atoms with Crippen LogP contribution in [0.2, 0.25) is 0 Å². The van der Waals surface area contributed by atoms with Crippen molar-refractivity contribution in [2.45, 2.75) is 32.4 Å². The third-order valence-corrected chi connectivity index (χ3v) is 3.22. The van der Waals surface area contributed by atoms with Gasteiger partial charge in [-0.3, -0.25) is 0 Å². The van der Waals surface area contributed by atoms with Gasteiger partial charge in [-0.25, -0.2) is 14.5 Å². The molecule has 0 aliphatic carbocycles. The lowest BCUT2D eigenvalue weighted by molar-refractivity contribution is 0.0343. The van der Waals surface area contributed by atoms with Crippen LogP contribution in [0.4, 0.5) is 0 Å². The van der Waals surface area contributed by atoms with E-state index in [2.05, 4.69) is 15.3 Å². The maximum Gasteiger partial charge on any atom is 0.358 e. The van der Waals surface area contributed by atoms with Gasteiger partial charge in [0.25, 0.3) is 0 Å². The molecule has 0 spiro atoms. The summed E-state index contributed by atoms with van der Waals surface area (Å²) in [5.74, 6) is -0.732. The van der Waals surface area contributed by atoms with Crippen molar-refractivity contribution in [1.29, 1.82) is 0 Å². The number of aryl methyl sites for hydroxylation is 1. The molecule has 20 heavy (non-hydrogen) atoms. The average molecular weight is 279 g/mol. The van der Waals surface area contributed by atoms with E-state index in [0.29, 0.717) is 17.9 Å². The lowest BCUT2D eigenvalue weighted by Gasteiger charge is -2.21. The summed E-state index contributed by atoms with van der Waals surface area (Å²) in [6.07, 6.45) is 3.78. The van der Waals surface area contributed by atoms with Crippen molar-refractivity contribution in [3.8, 4) is 11.5 Å². The number of carboxylic acids is 1. The van der Waals surface area contributed by atoms with E-state index in [1.807, 2.05) is 6.92 Å².